The van der Waals surface area contributed by atoms with Gasteiger partial charge in [-0.05, 0) is 12.1 Å². The van der Waals surface area contributed by atoms with Crippen LogP contribution in [0.5, 0.6) is 5.75 Å². The average Bonchev–Trinajstić information content (AvgIpc) is 2.42. The molecular weight excluding hydrogens is 322 g/mol. The Kier molecular flexibility index (Phi) is 6.90. The van der Waals surface area contributed by atoms with Crippen molar-refractivity contribution in [3.63, 3.8) is 0 Å². The van der Waals surface area contributed by atoms with E-state index in [2.05, 4.69) is 5.32 Å². The molecule has 0 fully saturated rings. The van der Waals surface area contributed by atoms with Crippen LogP contribution >= 0.6 is 10.7 Å². The van der Waals surface area contributed by atoms with Gasteiger partial charge >= 0.3 is 0 Å². The minimum atomic E-state index is -3.92. The summed E-state index contributed by atoms with van der Waals surface area (Å²) in [6.07, 6.45) is 0. The highest BCUT2D eigenvalue weighted by Gasteiger charge is 2.17. The van der Waals surface area contributed by atoms with Crippen molar-refractivity contribution in [2.45, 2.75) is 4.90 Å². The van der Waals surface area contributed by atoms with Gasteiger partial charge in [-0.3, -0.25) is 4.79 Å². The van der Waals surface area contributed by atoms with Gasteiger partial charge in [0.2, 0.25) is 5.91 Å². The van der Waals surface area contributed by atoms with Crippen LogP contribution < -0.4 is 10.1 Å². The van der Waals surface area contributed by atoms with Crippen molar-refractivity contribution in [3.8, 4) is 5.75 Å². The van der Waals surface area contributed by atoms with Crippen LogP contribution in [0.2, 0.25) is 0 Å². The Balaban J connectivity index is 2.71. The molecule has 1 rings (SSSR count). The summed E-state index contributed by atoms with van der Waals surface area (Å²) in [5, 5.41) is 2.55. The van der Waals surface area contributed by atoms with Crippen LogP contribution in [-0.2, 0) is 23.3 Å². The fraction of sp³-hybridized carbons (Fsp3) is 0.417. The molecule has 0 unspecified atom stereocenters. The molecule has 1 aromatic rings. The van der Waals surface area contributed by atoms with Crippen LogP contribution in [0.3, 0.4) is 0 Å². The SMILES string of the molecule is COCCOCC(=O)Nc1ccc(S(=O)(=O)Cl)c(OC)c1. The number of rotatable bonds is 8. The molecule has 21 heavy (non-hydrogen) atoms. The first kappa shape index (κ1) is 17.7. The first-order valence-electron chi connectivity index (χ1n) is 5.87. The predicted molar refractivity (Wildman–Crippen MR) is 77.4 cm³/mol. The lowest BCUT2D eigenvalue weighted by atomic mass is 10.3. The largest absolute Gasteiger partial charge is 0.495 e. The van der Waals surface area contributed by atoms with Gasteiger partial charge in [-0.15, -0.1) is 0 Å². The van der Waals surface area contributed by atoms with Crippen LogP contribution in [0, 0.1) is 0 Å². The van der Waals surface area contributed by atoms with Crippen molar-refractivity contribution < 1.29 is 27.4 Å². The molecule has 0 aliphatic heterocycles. The van der Waals surface area contributed by atoms with Gasteiger partial charge in [0.1, 0.15) is 17.3 Å². The summed E-state index contributed by atoms with van der Waals surface area (Å²) in [4.78, 5) is 11.4. The molecule has 0 aromatic heterocycles. The molecule has 0 heterocycles. The summed E-state index contributed by atoms with van der Waals surface area (Å²) in [6.45, 7) is 0.557. The first-order valence-corrected chi connectivity index (χ1v) is 8.18. The number of methoxy groups -OCH3 is 2. The molecular formula is C12H16ClNO6S. The Hall–Kier alpha value is -1.35. The van der Waals surface area contributed by atoms with E-state index < -0.39 is 9.05 Å². The zero-order valence-corrected chi connectivity index (χ0v) is 13.2. The number of nitrogens with one attached hydrogen (secondary N) is 1. The molecule has 1 amide bonds. The smallest absolute Gasteiger partial charge is 0.264 e. The third-order valence-corrected chi connectivity index (χ3v) is 3.74. The summed E-state index contributed by atoms with van der Waals surface area (Å²) < 4.78 is 37.4. The lowest BCUT2D eigenvalue weighted by Crippen LogP contribution is -2.19. The van der Waals surface area contributed by atoms with Crippen molar-refractivity contribution in [1.29, 1.82) is 0 Å². The molecule has 0 saturated heterocycles. The summed E-state index contributed by atoms with van der Waals surface area (Å²) in [7, 11) is 4.19. The number of hydrogen-bond acceptors (Lipinski definition) is 6. The fourth-order valence-corrected chi connectivity index (χ4v) is 2.45. The Bertz CT molecular complexity index is 589. The molecule has 0 aliphatic carbocycles. The normalized spacial score (nSPS) is 11.2. The van der Waals surface area contributed by atoms with E-state index in [9.17, 15) is 13.2 Å². The van der Waals surface area contributed by atoms with Gasteiger partial charge in [-0.25, -0.2) is 8.42 Å². The number of carbonyl (C=O) groups excluding carboxylic acids is 1. The minimum absolute atomic E-state index is 0.0445. The van der Waals surface area contributed by atoms with Crippen LogP contribution in [0.4, 0.5) is 5.69 Å². The van der Waals surface area contributed by atoms with E-state index in [1.54, 1.807) is 0 Å². The summed E-state index contributed by atoms with van der Waals surface area (Å²) in [6, 6.07) is 4.02. The van der Waals surface area contributed by atoms with Gasteiger partial charge in [-0.2, -0.15) is 0 Å². The first-order chi connectivity index (χ1) is 9.88. The second-order valence-electron chi connectivity index (χ2n) is 3.90. The monoisotopic (exact) mass is 337 g/mol. The molecule has 1 aromatic carbocycles. The van der Waals surface area contributed by atoms with E-state index in [0.717, 1.165) is 0 Å². The summed E-state index contributed by atoms with van der Waals surface area (Å²) in [5.41, 5.74) is 0.372. The lowest BCUT2D eigenvalue weighted by molar-refractivity contribution is -0.121. The quantitative estimate of drug-likeness (QED) is 0.566. The lowest BCUT2D eigenvalue weighted by Gasteiger charge is -2.10. The van der Waals surface area contributed by atoms with Crippen LogP contribution in [-0.4, -0.2) is 48.4 Å². The van der Waals surface area contributed by atoms with E-state index in [0.29, 0.717) is 18.9 Å². The Morgan fingerprint density at radius 2 is 2.00 bits per heavy atom. The zero-order chi connectivity index (χ0) is 15.9. The van der Waals surface area contributed by atoms with Crippen molar-refractivity contribution in [2.75, 3.05) is 39.4 Å². The van der Waals surface area contributed by atoms with Crippen molar-refractivity contribution >= 4 is 31.3 Å². The Labute approximate surface area is 127 Å². The molecule has 7 nitrogen and oxygen atoms in total. The molecule has 0 aliphatic rings. The number of amides is 1. The highest BCUT2D eigenvalue weighted by Crippen LogP contribution is 2.29. The van der Waals surface area contributed by atoms with E-state index >= 15 is 0 Å². The molecule has 1 N–H and O–H groups in total. The Morgan fingerprint density at radius 3 is 2.57 bits per heavy atom. The number of hydrogen-bond donors (Lipinski definition) is 1. The Morgan fingerprint density at radius 1 is 1.29 bits per heavy atom. The fourth-order valence-electron chi connectivity index (χ4n) is 1.45. The summed E-state index contributed by atoms with van der Waals surface area (Å²) in [5.74, 6) is -0.335. The van der Waals surface area contributed by atoms with Gasteiger partial charge in [0, 0.05) is 29.5 Å². The number of ether oxygens (including phenoxy) is 3. The topological polar surface area (TPSA) is 90.9 Å². The predicted octanol–water partition coefficient (Wildman–Crippen LogP) is 1.22. The second-order valence-corrected chi connectivity index (χ2v) is 6.43. The van der Waals surface area contributed by atoms with Gasteiger partial charge < -0.3 is 19.5 Å². The van der Waals surface area contributed by atoms with E-state index in [1.807, 2.05) is 0 Å². The van der Waals surface area contributed by atoms with Gasteiger partial charge in [0.25, 0.3) is 9.05 Å². The molecule has 0 saturated carbocycles. The average molecular weight is 338 g/mol. The minimum Gasteiger partial charge on any atom is -0.495 e. The number of anilines is 1. The van der Waals surface area contributed by atoms with Crippen molar-refractivity contribution in [2.24, 2.45) is 0 Å². The van der Waals surface area contributed by atoms with E-state index in [1.165, 1.54) is 32.4 Å². The maximum Gasteiger partial charge on any atom is 0.264 e. The molecule has 0 atom stereocenters. The van der Waals surface area contributed by atoms with Crippen molar-refractivity contribution in [1.82, 2.24) is 0 Å². The molecule has 0 bridgehead atoms. The van der Waals surface area contributed by atoms with Crippen molar-refractivity contribution in [3.05, 3.63) is 18.2 Å². The van der Waals surface area contributed by atoms with Crippen LogP contribution in [0.1, 0.15) is 0 Å². The molecule has 0 radical (unpaired) electrons. The molecule has 9 heteroatoms. The molecule has 118 valence electrons. The third-order valence-electron chi connectivity index (χ3n) is 2.38. The molecule has 0 spiro atoms. The van der Waals surface area contributed by atoms with E-state index in [-0.39, 0.29) is 23.2 Å². The highest BCUT2D eigenvalue weighted by molar-refractivity contribution is 8.13. The van der Waals surface area contributed by atoms with Gasteiger partial charge in [0.05, 0.1) is 20.3 Å². The third kappa shape index (κ3) is 5.88. The number of carbonyl (C=O) groups is 1. The second kappa shape index (κ2) is 8.18. The number of benzene rings is 1. The van der Waals surface area contributed by atoms with Gasteiger partial charge in [0.15, 0.2) is 0 Å². The number of halogens is 1. The maximum absolute atomic E-state index is 11.6. The highest BCUT2D eigenvalue weighted by atomic mass is 35.7. The maximum atomic E-state index is 11.6. The summed E-state index contributed by atoms with van der Waals surface area (Å²) >= 11 is 0. The van der Waals surface area contributed by atoms with Crippen LogP contribution in [0.25, 0.3) is 0 Å². The van der Waals surface area contributed by atoms with Crippen LogP contribution in [0.15, 0.2) is 23.1 Å². The van der Waals surface area contributed by atoms with E-state index in [4.69, 9.17) is 24.9 Å². The zero-order valence-electron chi connectivity index (χ0n) is 11.6. The van der Waals surface area contributed by atoms with Gasteiger partial charge in [-0.1, -0.05) is 0 Å². The standard InChI is InChI=1S/C12H16ClNO6S/c1-18-5-6-20-8-12(15)14-9-3-4-11(21(13,16)17)10(7-9)19-2/h3-4,7H,5-6,8H2,1-2H3,(H,14,15).